The molecule has 1 saturated heterocycles. The maximum Gasteiger partial charge on any atom is 0.250 e. The minimum atomic E-state index is -3.59. The van der Waals surface area contributed by atoms with Crippen molar-refractivity contribution in [2.24, 2.45) is 0 Å². The average Bonchev–Trinajstić information content (AvgIpc) is 3.16. The van der Waals surface area contributed by atoms with E-state index in [2.05, 4.69) is 9.71 Å². The van der Waals surface area contributed by atoms with Crippen molar-refractivity contribution in [1.82, 2.24) is 14.6 Å². The maximum absolute atomic E-state index is 12.2. The highest BCUT2D eigenvalue weighted by molar-refractivity contribution is 7.91. The van der Waals surface area contributed by atoms with Gasteiger partial charge in [-0.25, -0.2) is 13.1 Å². The molecule has 0 bridgehead atoms. The van der Waals surface area contributed by atoms with Gasteiger partial charge in [0.25, 0.3) is 10.0 Å². The Morgan fingerprint density at radius 1 is 1.25 bits per heavy atom. The molecule has 128 valence electrons. The van der Waals surface area contributed by atoms with Crippen molar-refractivity contribution in [3.05, 3.63) is 47.6 Å². The molecule has 0 aliphatic carbocycles. The topological polar surface area (TPSA) is 79.4 Å². The molecule has 2 aromatic heterocycles. The number of amides is 1. The normalized spacial score (nSPS) is 16.2. The van der Waals surface area contributed by atoms with Gasteiger partial charge in [-0.15, -0.1) is 11.3 Å². The van der Waals surface area contributed by atoms with E-state index in [0.29, 0.717) is 19.0 Å². The van der Waals surface area contributed by atoms with Crippen LogP contribution in [0.25, 0.3) is 0 Å². The first kappa shape index (κ1) is 17.1. The molecule has 1 N–H and O–H groups in total. The second-order valence-corrected chi connectivity index (χ2v) is 8.63. The lowest BCUT2D eigenvalue weighted by molar-refractivity contribution is -0.130. The fraction of sp³-hybridized carbons (Fsp3) is 0.375. The van der Waals surface area contributed by atoms with Gasteiger partial charge in [-0.1, -0.05) is 6.07 Å². The molecule has 3 rings (SSSR count). The van der Waals surface area contributed by atoms with E-state index in [4.69, 9.17) is 0 Å². The van der Waals surface area contributed by atoms with Crippen molar-refractivity contribution in [2.45, 2.75) is 23.0 Å². The van der Waals surface area contributed by atoms with Gasteiger partial charge >= 0.3 is 0 Å². The van der Waals surface area contributed by atoms with Crippen LogP contribution in [0.4, 0.5) is 0 Å². The monoisotopic (exact) mass is 365 g/mol. The zero-order valence-electron chi connectivity index (χ0n) is 13.1. The molecule has 0 unspecified atom stereocenters. The van der Waals surface area contributed by atoms with E-state index in [9.17, 15) is 13.2 Å². The SMILES string of the molecule is O=C(CNS(=O)(=O)c1cccs1)N1CCC(c2ccncc2)CC1. The van der Waals surface area contributed by atoms with Gasteiger partial charge in [-0.05, 0) is 47.9 Å². The second-order valence-electron chi connectivity index (χ2n) is 5.69. The summed E-state index contributed by atoms with van der Waals surface area (Å²) in [4.78, 5) is 18.0. The van der Waals surface area contributed by atoms with E-state index >= 15 is 0 Å². The number of nitrogens with one attached hydrogen (secondary N) is 1. The van der Waals surface area contributed by atoms with Crippen LogP contribution in [0.15, 0.2) is 46.2 Å². The molecule has 8 heteroatoms. The van der Waals surface area contributed by atoms with E-state index in [1.807, 2.05) is 12.1 Å². The van der Waals surface area contributed by atoms with Crippen molar-refractivity contribution in [3.63, 3.8) is 0 Å². The van der Waals surface area contributed by atoms with Crippen molar-refractivity contribution >= 4 is 27.3 Å². The number of likely N-dealkylation sites (tertiary alicyclic amines) is 1. The number of hydrogen-bond acceptors (Lipinski definition) is 5. The van der Waals surface area contributed by atoms with E-state index in [1.54, 1.807) is 28.7 Å². The third-order valence-corrected chi connectivity index (χ3v) is 7.00. The molecule has 0 spiro atoms. The summed E-state index contributed by atoms with van der Waals surface area (Å²) in [7, 11) is -3.59. The Kier molecular flexibility index (Phi) is 5.27. The Labute approximate surface area is 145 Å². The summed E-state index contributed by atoms with van der Waals surface area (Å²) in [6.07, 6.45) is 5.33. The van der Waals surface area contributed by atoms with Gasteiger partial charge in [0.05, 0.1) is 6.54 Å². The summed E-state index contributed by atoms with van der Waals surface area (Å²) >= 11 is 1.13. The summed E-state index contributed by atoms with van der Waals surface area (Å²) in [5, 5.41) is 1.69. The molecule has 0 atom stereocenters. The molecular formula is C16H19N3O3S2. The minimum absolute atomic E-state index is 0.177. The highest BCUT2D eigenvalue weighted by atomic mass is 32.2. The van der Waals surface area contributed by atoms with E-state index in [1.165, 1.54) is 11.6 Å². The molecule has 3 heterocycles. The first-order valence-electron chi connectivity index (χ1n) is 7.77. The van der Waals surface area contributed by atoms with Gasteiger partial charge in [0.15, 0.2) is 0 Å². The second kappa shape index (κ2) is 7.42. The van der Waals surface area contributed by atoms with Crippen LogP contribution in [-0.4, -0.2) is 43.8 Å². The number of piperidine rings is 1. The van der Waals surface area contributed by atoms with Crippen LogP contribution in [0, 0.1) is 0 Å². The third kappa shape index (κ3) is 4.00. The molecule has 2 aromatic rings. The summed E-state index contributed by atoms with van der Waals surface area (Å²) < 4.78 is 26.7. The Morgan fingerprint density at radius 3 is 2.58 bits per heavy atom. The van der Waals surface area contributed by atoms with Crippen molar-refractivity contribution in [2.75, 3.05) is 19.6 Å². The molecule has 24 heavy (non-hydrogen) atoms. The molecule has 0 saturated carbocycles. The van der Waals surface area contributed by atoms with Crippen molar-refractivity contribution in [3.8, 4) is 0 Å². The Bertz CT molecular complexity index is 768. The number of rotatable bonds is 5. The Morgan fingerprint density at radius 2 is 1.96 bits per heavy atom. The fourth-order valence-corrected chi connectivity index (χ4v) is 4.87. The number of hydrogen-bond donors (Lipinski definition) is 1. The molecule has 6 nitrogen and oxygen atoms in total. The van der Waals surface area contributed by atoms with Crippen LogP contribution in [0.3, 0.4) is 0 Å². The minimum Gasteiger partial charge on any atom is -0.342 e. The van der Waals surface area contributed by atoms with Gasteiger partial charge < -0.3 is 4.90 Å². The lowest BCUT2D eigenvalue weighted by atomic mass is 9.90. The predicted molar refractivity (Wildman–Crippen MR) is 92.3 cm³/mol. The van der Waals surface area contributed by atoms with E-state index in [0.717, 1.165) is 24.2 Å². The summed E-state index contributed by atoms with van der Waals surface area (Å²) in [6.45, 7) is 1.10. The van der Waals surface area contributed by atoms with Gasteiger partial charge in [0.1, 0.15) is 4.21 Å². The smallest absolute Gasteiger partial charge is 0.250 e. The fourth-order valence-electron chi connectivity index (χ4n) is 2.85. The van der Waals surface area contributed by atoms with Crippen LogP contribution >= 0.6 is 11.3 Å². The van der Waals surface area contributed by atoms with Crippen LogP contribution < -0.4 is 4.72 Å². The molecule has 1 aliphatic heterocycles. The molecule has 1 fully saturated rings. The van der Waals surface area contributed by atoms with Gasteiger partial charge in [-0.3, -0.25) is 9.78 Å². The van der Waals surface area contributed by atoms with Crippen molar-refractivity contribution < 1.29 is 13.2 Å². The van der Waals surface area contributed by atoms with Crippen LogP contribution in [0.1, 0.15) is 24.3 Å². The zero-order chi connectivity index (χ0) is 17.0. The standard InChI is InChI=1S/C16H19N3O3S2/c20-15(12-18-24(21,22)16-2-1-11-23-16)19-9-5-14(6-10-19)13-3-7-17-8-4-13/h1-4,7-8,11,14,18H,5-6,9-10,12H2. The maximum atomic E-state index is 12.2. The van der Waals surface area contributed by atoms with Crippen LogP contribution in [0.5, 0.6) is 0 Å². The number of carbonyl (C=O) groups is 1. The predicted octanol–water partition coefficient (Wildman–Crippen LogP) is 1.83. The van der Waals surface area contributed by atoms with Gasteiger partial charge in [0.2, 0.25) is 5.91 Å². The number of pyridine rings is 1. The molecule has 0 radical (unpaired) electrons. The molecule has 1 amide bonds. The van der Waals surface area contributed by atoms with Gasteiger partial charge in [0, 0.05) is 25.5 Å². The highest BCUT2D eigenvalue weighted by Gasteiger charge is 2.25. The van der Waals surface area contributed by atoms with Crippen molar-refractivity contribution in [1.29, 1.82) is 0 Å². The van der Waals surface area contributed by atoms with Crippen LogP contribution in [0.2, 0.25) is 0 Å². The Hall–Kier alpha value is -1.77. The first-order chi connectivity index (χ1) is 11.6. The van der Waals surface area contributed by atoms with E-state index < -0.39 is 10.0 Å². The molecule has 1 aliphatic rings. The number of aromatic nitrogens is 1. The highest BCUT2D eigenvalue weighted by Crippen LogP contribution is 2.27. The molecule has 0 aromatic carbocycles. The van der Waals surface area contributed by atoms with E-state index in [-0.39, 0.29) is 16.7 Å². The average molecular weight is 365 g/mol. The number of nitrogens with zero attached hydrogens (tertiary/aromatic N) is 2. The number of sulfonamides is 1. The quantitative estimate of drug-likeness (QED) is 0.877. The largest absolute Gasteiger partial charge is 0.342 e. The zero-order valence-corrected chi connectivity index (χ0v) is 14.7. The number of thiophene rings is 1. The molecular weight excluding hydrogens is 346 g/mol. The first-order valence-corrected chi connectivity index (χ1v) is 10.1. The summed E-state index contributed by atoms with van der Waals surface area (Å²) in [5.74, 6) is 0.253. The lowest BCUT2D eigenvalue weighted by Crippen LogP contribution is -2.43. The van der Waals surface area contributed by atoms with Crippen LogP contribution in [-0.2, 0) is 14.8 Å². The van der Waals surface area contributed by atoms with Gasteiger partial charge in [-0.2, -0.15) is 0 Å². The third-order valence-electron chi connectivity index (χ3n) is 4.20. The summed E-state index contributed by atoms with van der Waals surface area (Å²) in [5.41, 5.74) is 1.25. The Balaban J connectivity index is 1.51. The lowest BCUT2D eigenvalue weighted by Gasteiger charge is -2.32. The summed E-state index contributed by atoms with van der Waals surface area (Å²) in [6, 6.07) is 7.22. The number of carbonyl (C=O) groups excluding carboxylic acids is 1.